The molecule has 0 N–H and O–H groups in total. The lowest BCUT2D eigenvalue weighted by Gasteiger charge is -2.26. The summed E-state index contributed by atoms with van der Waals surface area (Å²) in [5.74, 6) is 2.08. The van der Waals surface area contributed by atoms with Crippen molar-refractivity contribution in [3.8, 4) is 17.1 Å². The van der Waals surface area contributed by atoms with Crippen LogP contribution in [0.4, 0.5) is 0 Å². The van der Waals surface area contributed by atoms with Crippen LogP contribution in [0.15, 0.2) is 58.6 Å². The molecule has 10 heteroatoms. The predicted molar refractivity (Wildman–Crippen MR) is 119 cm³/mol. The van der Waals surface area contributed by atoms with Crippen LogP contribution in [0.5, 0.6) is 5.75 Å². The highest BCUT2D eigenvalue weighted by Gasteiger charge is 2.26. The molecule has 0 atom stereocenters. The Morgan fingerprint density at radius 3 is 2.65 bits per heavy atom. The molecule has 0 aliphatic carbocycles. The molecule has 2 aromatic carbocycles. The Balaban J connectivity index is 1.49. The number of rotatable bonds is 7. The number of benzene rings is 2. The van der Waals surface area contributed by atoms with Crippen LogP contribution < -0.4 is 4.74 Å². The van der Waals surface area contributed by atoms with Crippen molar-refractivity contribution in [3.05, 3.63) is 54.1 Å². The normalized spacial score (nSPS) is 15.2. The Hall–Kier alpha value is -2.40. The van der Waals surface area contributed by atoms with Crippen molar-refractivity contribution in [2.24, 2.45) is 7.05 Å². The van der Waals surface area contributed by atoms with E-state index in [1.165, 1.54) is 16.1 Å². The SMILES string of the molecule is COc1cccc(-c2nnc(SCc3cccc(S(=O)(=O)N4CCOCC4)c3)n2C)c1. The monoisotopic (exact) mass is 460 g/mol. The zero-order valence-electron chi connectivity index (χ0n) is 17.4. The molecular weight excluding hydrogens is 436 g/mol. The maximum absolute atomic E-state index is 12.9. The number of thioether (sulfide) groups is 1. The molecule has 0 amide bonds. The number of hydrogen-bond acceptors (Lipinski definition) is 7. The molecule has 8 nitrogen and oxygen atoms in total. The maximum atomic E-state index is 12.9. The number of morpholine rings is 1. The van der Waals surface area contributed by atoms with Gasteiger partial charge in [0.1, 0.15) is 5.75 Å². The van der Waals surface area contributed by atoms with E-state index < -0.39 is 10.0 Å². The zero-order chi connectivity index (χ0) is 21.8. The van der Waals surface area contributed by atoms with Gasteiger partial charge in [0.25, 0.3) is 0 Å². The first-order chi connectivity index (χ1) is 15.0. The van der Waals surface area contributed by atoms with Crippen LogP contribution in [-0.4, -0.2) is 60.9 Å². The van der Waals surface area contributed by atoms with Gasteiger partial charge in [-0.25, -0.2) is 8.42 Å². The van der Waals surface area contributed by atoms with Crippen LogP contribution in [0, 0.1) is 0 Å². The fraction of sp³-hybridized carbons (Fsp3) is 0.333. The first-order valence-corrected chi connectivity index (χ1v) is 12.2. The number of ether oxygens (including phenoxy) is 2. The van der Waals surface area contributed by atoms with Crippen molar-refractivity contribution in [3.63, 3.8) is 0 Å². The molecule has 0 radical (unpaired) electrons. The highest BCUT2D eigenvalue weighted by atomic mass is 32.2. The molecule has 31 heavy (non-hydrogen) atoms. The molecule has 2 heterocycles. The summed E-state index contributed by atoms with van der Waals surface area (Å²) in [6, 6.07) is 14.7. The fourth-order valence-corrected chi connectivity index (χ4v) is 5.67. The molecule has 4 rings (SSSR count). The van der Waals surface area contributed by atoms with Gasteiger partial charge in [-0.15, -0.1) is 10.2 Å². The predicted octanol–water partition coefficient (Wildman–Crippen LogP) is 2.80. The minimum absolute atomic E-state index is 0.308. The third-order valence-electron chi connectivity index (χ3n) is 5.04. The Bertz CT molecular complexity index is 1160. The van der Waals surface area contributed by atoms with Gasteiger partial charge in [0, 0.05) is 31.5 Å². The molecule has 0 saturated carbocycles. The lowest BCUT2D eigenvalue weighted by Crippen LogP contribution is -2.40. The van der Waals surface area contributed by atoms with E-state index >= 15 is 0 Å². The van der Waals surface area contributed by atoms with E-state index in [4.69, 9.17) is 9.47 Å². The van der Waals surface area contributed by atoms with Gasteiger partial charge in [0.05, 0.1) is 25.2 Å². The fourth-order valence-electron chi connectivity index (χ4n) is 3.33. The summed E-state index contributed by atoms with van der Waals surface area (Å²) in [7, 11) is 0.0274. The van der Waals surface area contributed by atoms with Gasteiger partial charge in [0.2, 0.25) is 10.0 Å². The Kier molecular flexibility index (Phi) is 6.61. The van der Waals surface area contributed by atoms with E-state index in [2.05, 4.69) is 10.2 Å². The largest absolute Gasteiger partial charge is 0.497 e. The Morgan fingerprint density at radius 1 is 1.10 bits per heavy atom. The van der Waals surface area contributed by atoms with Crippen molar-refractivity contribution < 1.29 is 17.9 Å². The molecule has 1 fully saturated rings. The van der Waals surface area contributed by atoms with Crippen molar-refractivity contribution in [2.75, 3.05) is 33.4 Å². The van der Waals surface area contributed by atoms with Crippen LogP contribution in [0.1, 0.15) is 5.56 Å². The second-order valence-corrected chi connectivity index (χ2v) is 9.93. The second kappa shape index (κ2) is 9.39. The third-order valence-corrected chi connectivity index (χ3v) is 8.02. The van der Waals surface area contributed by atoms with Crippen LogP contribution in [0.3, 0.4) is 0 Å². The Morgan fingerprint density at radius 2 is 1.87 bits per heavy atom. The summed E-state index contributed by atoms with van der Waals surface area (Å²) in [6.45, 7) is 1.62. The van der Waals surface area contributed by atoms with Gasteiger partial charge in [-0.05, 0) is 29.8 Å². The van der Waals surface area contributed by atoms with Crippen molar-refractivity contribution in [1.29, 1.82) is 0 Å². The minimum atomic E-state index is -3.52. The highest BCUT2D eigenvalue weighted by molar-refractivity contribution is 7.98. The molecule has 1 saturated heterocycles. The van der Waals surface area contributed by atoms with Crippen molar-refractivity contribution in [1.82, 2.24) is 19.1 Å². The zero-order valence-corrected chi connectivity index (χ0v) is 19.0. The number of hydrogen-bond donors (Lipinski definition) is 0. The molecule has 1 aliphatic heterocycles. The second-order valence-electron chi connectivity index (χ2n) is 7.05. The highest BCUT2D eigenvalue weighted by Crippen LogP contribution is 2.28. The lowest BCUT2D eigenvalue weighted by molar-refractivity contribution is 0.0730. The quantitative estimate of drug-likeness (QED) is 0.501. The molecular formula is C21H24N4O4S2. The standard InChI is InChI=1S/C21H24N4O4S2/c1-24-20(17-6-4-7-18(14-17)28-2)22-23-21(24)30-15-16-5-3-8-19(13-16)31(26,27)25-9-11-29-12-10-25/h3-8,13-14H,9-12,15H2,1-2H3. The molecule has 0 bridgehead atoms. The van der Waals surface area contributed by atoms with E-state index in [1.807, 2.05) is 41.9 Å². The van der Waals surface area contributed by atoms with Crippen LogP contribution in [0.2, 0.25) is 0 Å². The number of sulfonamides is 1. The number of methoxy groups -OCH3 is 1. The summed E-state index contributed by atoms with van der Waals surface area (Å²) >= 11 is 1.51. The lowest BCUT2D eigenvalue weighted by atomic mass is 10.2. The summed E-state index contributed by atoms with van der Waals surface area (Å²) in [6.07, 6.45) is 0. The average Bonchev–Trinajstić information content (AvgIpc) is 3.18. The van der Waals surface area contributed by atoms with Crippen LogP contribution in [-0.2, 0) is 27.6 Å². The molecule has 164 valence electrons. The first-order valence-electron chi connectivity index (χ1n) is 9.82. The molecule has 3 aromatic rings. The van der Waals surface area contributed by atoms with Gasteiger partial charge >= 0.3 is 0 Å². The van der Waals surface area contributed by atoms with Gasteiger partial charge in [-0.3, -0.25) is 0 Å². The topological polar surface area (TPSA) is 86.6 Å². The number of aromatic nitrogens is 3. The third kappa shape index (κ3) is 4.77. The maximum Gasteiger partial charge on any atom is 0.243 e. The van der Waals surface area contributed by atoms with E-state index in [9.17, 15) is 8.42 Å². The minimum Gasteiger partial charge on any atom is -0.497 e. The van der Waals surface area contributed by atoms with E-state index in [-0.39, 0.29) is 0 Å². The smallest absolute Gasteiger partial charge is 0.243 e. The van der Waals surface area contributed by atoms with Crippen molar-refractivity contribution >= 4 is 21.8 Å². The molecule has 1 aliphatic rings. The van der Waals surface area contributed by atoms with E-state index in [1.54, 1.807) is 25.3 Å². The summed E-state index contributed by atoms with van der Waals surface area (Å²) in [4.78, 5) is 0.308. The average molecular weight is 461 g/mol. The summed E-state index contributed by atoms with van der Waals surface area (Å²) in [5, 5.41) is 9.37. The van der Waals surface area contributed by atoms with E-state index in [0.717, 1.165) is 27.9 Å². The van der Waals surface area contributed by atoms with Gasteiger partial charge in [-0.2, -0.15) is 4.31 Å². The van der Waals surface area contributed by atoms with Gasteiger partial charge in [-0.1, -0.05) is 36.0 Å². The van der Waals surface area contributed by atoms with Crippen LogP contribution >= 0.6 is 11.8 Å². The Labute approximate surface area is 186 Å². The first kappa shape index (κ1) is 21.8. The number of nitrogens with zero attached hydrogens (tertiary/aromatic N) is 4. The summed E-state index contributed by atoms with van der Waals surface area (Å²) < 4.78 is 39.8. The molecule has 1 aromatic heterocycles. The molecule has 0 spiro atoms. The van der Waals surface area contributed by atoms with Crippen molar-refractivity contribution in [2.45, 2.75) is 15.8 Å². The van der Waals surface area contributed by atoms with Gasteiger partial charge < -0.3 is 14.0 Å². The van der Waals surface area contributed by atoms with Gasteiger partial charge in [0.15, 0.2) is 11.0 Å². The molecule has 0 unspecified atom stereocenters. The van der Waals surface area contributed by atoms with Crippen LogP contribution in [0.25, 0.3) is 11.4 Å². The summed E-state index contributed by atoms with van der Waals surface area (Å²) in [5.41, 5.74) is 1.82. The van der Waals surface area contributed by atoms with E-state index in [0.29, 0.717) is 37.0 Å².